The molecule has 96 valence electrons. The van der Waals surface area contributed by atoms with E-state index < -0.39 is 0 Å². The van der Waals surface area contributed by atoms with Gasteiger partial charge < -0.3 is 19.9 Å². The first-order valence-electron chi connectivity index (χ1n) is 5.72. The van der Waals surface area contributed by atoms with E-state index >= 15 is 0 Å². The summed E-state index contributed by atoms with van der Waals surface area (Å²) in [6.45, 7) is 4.08. The molecule has 0 aromatic heterocycles. The standard InChI is InChI=1S/C11H19N3O3/c1-3-4-5-12-10(15)13-6-8-14(9-7-13)11(16)17-2/h4-5H,3,6-9H2,1-2H3,(H,12,15)/b5-4+. The summed E-state index contributed by atoms with van der Waals surface area (Å²) in [5.41, 5.74) is 0. The zero-order valence-electron chi connectivity index (χ0n) is 10.3. The van der Waals surface area contributed by atoms with Crippen LogP contribution in [-0.2, 0) is 4.74 Å². The minimum atomic E-state index is -0.337. The van der Waals surface area contributed by atoms with Crippen LogP contribution in [0.25, 0.3) is 0 Å². The van der Waals surface area contributed by atoms with Gasteiger partial charge in [0.15, 0.2) is 0 Å². The molecule has 0 aliphatic carbocycles. The molecule has 0 unspecified atom stereocenters. The van der Waals surface area contributed by atoms with Crippen molar-refractivity contribution in [3.8, 4) is 0 Å². The lowest BCUT2D eigenvalue weighted by Gasteiger charge is -2.33. The number of urea groups is 1. The monoisotopic (exact) mass is 241 g/mol. The number of piperazine rings is 1. The summed E-state index contributed by atoms with van der Waals surface area (Å²) in [5.74, 6) is 0. The van der Waals surface area contributed by atoms with Crippen LogP contribution >= 0.6 is 0 Å². The highest BCUT2D eigenvalue weighted by molar-refractivity contribution is 5.75. The van der Waals surface area contributed by atoms with Crippen molar-refractivity contribution in [2.45, 2.75) is 13.3 Å². The van der Waals surface area contributed by atoms with Crippen molar-refractivity contribution < 1.29 is 14.3 Å². The molecule has 6 nitrogen and oxygen atoms in total. The van der Waals surface area contributed by atoms with E-state index in [1.807, 2.05) is 13.0 Å². The van der Waals surface area contributed by atoms with Crippen LogP contribution in [0.15, 0.2) is 12.3 Å². The fourth-order valence-corrected chi connectivity index (χ4v) is 1.56. The number of carbonyl (C=O) groups is 2. The summed E-state index contributed by atoms with van der Waals surface area (Å²) in [6.07, 6.45) is 4.07. The minimum Gasteiger partial charge on any atom is -0.453 e. The number of hydrogen-bond acceptors (Lipinski definition) is 3. The van der Waals surface area contributed by atoms with E-state index in [9.17, 15) is 9.59 Å². The smallest absolute Gasteiger partial charge is 0.409 e. The summed E-state index contributed by atoms with van der Waals surface area (Å²) >= 11 is 0. The first-order valence-corrected chi connectivity index (χ1v) is 5.72. The van der Waals surface area contributed by atoms with Crippen LogP contribution in [-0.4, -0.2) is 55.2 Å². The minimum absolute atomic E-state index is 0.126. The van der Waals surface area contributed by atoms with E-state index in [-0.39, 0.29) is 12.1 Å². The van der Waals surface area contributed by atoms with E-state index in [0.29, 0.717) is 26.2 Å². The average molecular weight is 241 g/mol. The normalized spacial score (nSPS) is 16.1. The molecule has 1 heterocycles. The number of nitrogens with one attached hydrogen (secondary N) is 1. The quantitative estimate of drug-likeness (QED) is 0.784. The summed E-state index contributed by atoms with van der Waals surface area (Å²) in [7, 11) is 1.36. The molecule has 0 radical (unpaired) electrons. The molecule has 3 amide bonds. The predicted octanol–water partition coefficient (Wildman–Crippen LogP) is 1.00. The summed E-state index contributed by atoms with van der Waals surface area (Å²) in [5, 5.41) is 2.68. The molecule has 1 aliphatic rings. The maximum atomic E-state index is 11.6. The van der Waals surface area contributed by atoms with Gasteiger partial charge in [0.1, 0.15) is 0 Å². The molecule has 1 saturated heterocycles. The largest absolute Gasteiger partial charge is 0.453 e. The Morgan fingerprint density at radius 2 is 1.82 bits per heavy atom. The summed E-state index contributed by atoms with van der Waals surface area (Å²) in [4.78, 5) is 26.1. The van der Waals surface area contributed by atoms with Crippen molar-refractivity contribution in [2.75, 3.05) is 33.3 Å². The van der Waals surface area contributed by atoms with E-state index in [2.05, 4.69) is 10.1 Å². The van der Waals surface area contributed by atoms with Crippen LogP contribution in [0.2, 0.25) is 0 Å². The number of amides is 3. The van der Waals surface area contributed by atoms with Gasteiger partial charge in [0.05, 0.1) is 7.11 Å². The number of allylic oxidation sites excluding steroid dienone is 1. The van der Waals surface area contributed by atoms with E-state index in [1.54, 1.807) is 16.0 Å². The number of nitrogens with zero attached hydrogens (tertiary/aromatic N) is 2. The Morgan fingerprint density at radius 3 is 2.35 bits per heavy atom. The van der Waals surface area contributed by atoms with Gasteiger partial charge in [-0.05, 0) is 6.42 Å². The van der Waals surface area contributed by atoms with Crippen LogP contribution in [0.5, 0.6) is 0 Å². The Bertz CT molecular complexity index is 296. The fourth-order valence-electron chi connectivity index (χ4n) is 1.56. The second-order valence-electron chi connectivity index (χ2n) is 3.70. The number of methoxy groups -OCH3 is 1. The predicted molar refractivity (Wildman–Crippen MR) is 63.5 cm³/mol. The lowest BCUT2D eigenvalue weighted by Crippen LogP contribution is -2.52. The van der Waals surface area contributed by atoms with Crippen molar-refractivity contribution in [1.82, 2.24) is 15.1 Å². The molecular weight excluding hydrogens is 222 g/mol. The van der Waals surface area contributed by atoms with Gasteiger partial charge in [-0.1, -0.05) is 13.0 Å². The lowest BCUT2D eigenvalue weighted by molar-refractivity contribution is 0.0976. The van der Waals surface area contributed by atoms with Gasteiger partial charge in [-0.15, -0.1) is 0 Å². The molecule has 1 fully saturated rings. The molecule has 1 aliphatic heterocycles. The molecule has 17 heavy (non-hydrogen) atoms. The highest BCUT2D eigenvalue weighted by Crippen LogP contribution is 2.03. The molecule has 0 atom stereocenters. The topological polar surface area (TPSA) is 61.9 Å². The van der Waals surface area contributed by atoms with Crippen LogP contribution < -0.4 is 5.32 Å². The molecular formula is C11H19N3O3. The first kappa shape index (κ1) is 13.3. The molecule has 1 rings (SSSR count). The highest BCUT2D eigenvalue weighted by Gasteiger charge is 2.23. The Balaban J connectivity index is 2.33. The van der Waals surface area contributed by atoms with Crippen LogP contribution in [0, 0.1) is 0 Å². The van der Waals surface area contributed by atoms with Gasteiger partial charge in [0.25, 0.3) is 0 Å². The van der Waals surface area contributed by atoms with Gasteiger partial charge in [-0.25, -0.2) is 9.59 Å². The number of ether oxygens (including phenoxy) is 1. The van der Waals surface area contributed by atoms with Crippen LogP contribution in [0.3, 0.4) is 0 Å². The van der Waals surface area contributed by atoms with Crippen molar-refractivity contribution in [1.29, 1.82) is 0 Å². The summed E-state index contributed by atoms with van der Waals surface area (Å²) in [6, 6.07) is -0.126. The maximum absolute atomic E-state index is 11.6. The number of carbonyl (C=O) groups excluding carboxylic acids is 2. The van der Waals surface area contributed by atoms with E-state index in [4.69, 9.17) is 0 Å². The Kier molecular flexibility index (Phi) is 5.32. The molecule has 0 bridgehead atoms. The Morgan fingerprint density at radius 1 is 1.24 bits per heavy atom. The summed E-state index contributed by atoms with van der Waals surface area (Å²) < 4.78 is 4.62. The van der Waals surface area contributed by atoms with Crippen LogP contribution in [0.1, 0.15) is 13.3 Å². The second-order valence-corrected chi connectivity index (χ2v) is 3.70. The molecule has 0 saturated carbocycles. The lowest BCUT2D eigenvalue weighted by atomic mass is 10.3. The Hall–Kier alpha value is -1.72. The maximum Gasteiger partial charge on any atom is 0.409 e. The number of rotatable bonds is 2. The van der Waals surface area contributed by atoms with Crippen molar-refractivity contribution in [3.63, 3.8) is 0 Å². The van der Waals surface area contributed by atoms with Gasteiger partial charge in [-0.3, -0.25) is 0 Å². The third kappa shape index (κ3) is 3.97. The van der Waals surface area contributed by atoms with E-state index in [0.717, 1.165) is 6.42 Å². The average Bonchev–Trinajstić information content (AvgIpc) is 2.38. The zero-order chi connectivity index (χ0) is 12.7. The molecule has 0 aromatic rings. The zero-order valence-corrected chi connectivity index (χ0v) is 10.3. The second kappa shape index (κ2) is 6.78. The highest BCUT2D eigenvalue weighted by atomic mass is 16.5. The first-order chi connectivity index (χ1) is 8.19. The van der Waals surface area contributed by atoms with E-state index in [1.165, 1.54) is 7.11 Å². The van der Waals surface area contributed by atoms with Gasteiger partial charge in [-0.2, -0.15) is 0 Å². The van der Waals surface area contributed by atoms with Gasteiger partial charge >= 0.3 is 12.1 Å². The van der Waals surface area contributed by atoms with Gasteiger partial charge in [0, 0.05) is 32.4 Å². The third-order valence-electron chi connectivity index (χ3n) is 2.56. The fraction of sp³-hybridized carbons (Fsp3) is 0.636. The Labute approximate surface area is 101 Å². The molecule has 1 N–H and O–H groups in total. The molecule has 0 aromatic carbocycles. The molecule has 0 spiro atoms. The van der Waals surface area contributed by atoms with Crippen molar-refractivity contribution >= 4 is 12.1 Å². The van der Waals surface area contributed by atoms with Crippen LogP contribution in [0.4, 0.5) is 9.59 Å². The SMILES string of the molecule is CC/C=C/NC(=O)N1CCN(C(=O)OC)CC1. The number of hydrogen-bond donors (Lipinski definition) is 1. The van der Waals surface area contributed by atoms with Gasteiger partial charge in [0.2, 0.25) is 0 Å². The third-order valence-corrected chi connectivity index (χ3v) is 2.56. The molecule has 6 heteroatoms. The van der Waals surface area contributed by atoms with Crippen molar-refractivity contribution in [2.24, 2.45) is 0 Å². The van der Waals surface area contributed by atoms with Crippen molar-refractivity contribution in [3.05, 3.63) is 12.3 Å².